The van der Waals surface area contributed by atoms with E-state index in [-0.39, 0.29) is 18.2 Å². The van der Waals surface area contributed by atoms with Gasteiger partial charge in [-0.25, -0.2) is 5.43 Å². The molecule has 0 saturated carbocycles. The number of rotatable bonds is 6. The van der Waals surface area contributed by atoms with E-state index >= 15 is 0 Å². The van der Waals surface area contributed by atoms with Crippen molar-refractivity contribution in [2.24, 2.45) is 5.10 Å². The third-order valence-corrected chi connectivity index (χ3v) is 4.34. The summed E-state index contributed by atoms with van der Waals surface area (Å²) in [6, 6.07) is 17.7. The number of nitrogens with one attached hydrogen (secondary N) is 2. The molecule has 1 heterocycles. The van der Waals surface area contributed by atoms with Crippen molar-refractivity contribution < 1.29 is 9.59 Å². The summed E-state index contributed by atoms with van der Waals surface area (Å²) in [5, 5.41) is 7.60. The van der Waals surface area contributed by atoms with Crippen LogP contribution in [0, 0.1) is 0 Å². The number of carbonyl (C=O) groups excluding carboxylic acids is 2. The predicted molar refractivity (Wildman–Crippen MR) is 114 cm³/mol. The molecule has 0 spiro atoms. The highest BCUT2D eigenvalue weighted by atomic mass is 35.5. The fourth-order valence-corrected chi connectivity index (χ4v) is 2.69. The van der Waals surface area contributed by atoms with Crippen LogP contribution < -0.4 is 10.7 Å². The number of hydrazone groups is 1. The number of anilines is 1. The number of halogens is 1. The lowest BCUT2D eigenvalue weighted by Gasteiger charge is -2.08. The minimum Gasteiger partial charge on any atom is -0.322 e. The van der Waals surface area contributed by atoms with Crippen LogP contribution in [0.25, 0.3) is 0 Å². The van der Waals surface area contributed by atoms with Crippen molar-refractivity contribution in [3.05, 3.63) is 94.8 Å². The second-order valence-electron chi connectivity index (χ2n) is 6.31. The molecular weight excluding hydrogens is 388 g/mol. The van der Waals surface area contributed by atoms with E-state index in [1.807, 2.05) is 12.1 Å². The van der Waals surface area contributed by atoms with Gasteiger partial charge < -0.3 is 5.32 Å². The van der Waals surface area contributed by atoms with Gasteiger partial charge in [0.1, 0.15) is 0 Å². The van der Waals surface area contributed by atoms with Crippen LogP contribution in [0.1, 0.15) is 28.4 Å². The average Bonchev–Trinajstić information content (AvgIpc) is 2.74. The van der Waals surface area contributed by atoms with E-state index < -0.39 is 0 Å². The van der Waals surface area contributed by atoms with Crippen molar-refractivity contribution >= 4 is 34.8 Å². The molecule has 1 aromatic heterocycles. The van der Waals surface area contributed by atoms with E-state index in [0.717, 1.165) is 11.1 Å². The molecular formula is C22H19ClN4O2. The largest absolute Gasteiger partial charge is 0.322 e. The van der Waals surface area contributed by atoms with Crippen molar-refractivity contribution in [3.8, 4) is 0 Å². The third-order valence-electron chi connectivity index (χ3n) is 4.09. The molecule has 29 heavy (non-hydrogen) atoms. The lowest BCUT2D eigenvalue weighted by atomic mass is 10.1. The Labute approximate surface area is 173 Å². The Bertz CT molecular complexity index is 1030. The minimum absolute atomic E-state index is 0.204. The van der Waals surface area contributed by atoms with Crippen LogP contribution in [-0.4, -0.2) is 22.5 Å². The van der Waals surface area contributed by atoms with Crippen molar-refractivity contribution in [1.82, 2.24) is 10.4 Å². The van der Waals surface area contributed by atoms with Crippen LogP contribution in [0.3, 0.4) is 0 Å². The lowest BCUT2D eigenvalue weighted by Crippen LogP contribution is -2.21. The van der Waals surface area contributed by atoms with E-state index in [4.69, 9.17) is 11.6 Å². The van der Waals surface area contributed by atoms with Gasteiger partial charge in [-0.2, -0.15) is 5.10 Å². The molecule has 2 N–H and O–H groups in total. The zero-order valence-electron chi connectivity index (χ0n) is 15.7. The maximum absolute atomic E-state index is 12.3. The Hall–Kier alpha value is -3.51. The Morgan fingerprint density at radius 2 is 1.79 bits per heavy atom. The molecule has 6 nitrogen and oxygen atoms in total. The summed E-state index contributed by atoms with van der Waals surface area (Å²) in [7, 11) is 0. The first kappa shape index (κ1) is 20.2. The molecule has 3 aromatic rings. The fraction of sp³-hybridized carbons (Fsp3) is 0.0909. The fourth-order valence-electron chi connectivity index (χ4n) is 2.56. The average molecular weight is 407 g/mol. The summed E-state index contributed by atoms with van der Waals surface area (Å²) in [4.78, 5) is 28.3. The van der Waals surface area contributed by atoms with E-state index in [1.165, 1.54) is 6.20 Å². The first-order valence-corrected chi connectivity index (χ1v) is 9.28. The molecule has 0 aliphatic carbocycles. The van der Waals surface area contributed by atoms with Crippen molar-refractivity contribution in [1.29, 1.82) is 0 Å². The summed E-state index contributed by atoms with van der Waals surface area (Å²) >= 11 is 5.85. The second-order valence-corrected chi connectivity index (χ2v) is 6.75. The third kappa shape index (κ3) is 5.99. The van der Waals surface area contributed by atoms with Gasteiger partial charge in [0.15, 0.2) is 0 Å². The zero-order valence-corrected chi connectivity index (χ0v) is 16.5. The van der Waals surface area contributed by atoms with Gasteiger partial charge >= 0.3 is 0 Å². The van der Waals surface area contributed by atoms with E-state index in [0.29, 0.717) is 22.0 Å². The first-order valence-electron chi connectivity index (χ1n) is 8.90. The lowest BCUT2D eigenvalue weighted by molar-refractivity contribution is -0.120. The van der Waals surface area contributed by atoms with Crippen LogP contribution >= 0.6 is 11.6 Å². The molecule has 146 valence electrons. The highest BCUT2D eigenvalue weighted by molar-refractivity contribution is 6.30. The van der Waals surface area contributed by atoms with Gasteiger partial charge in [-0.05, 0) is 54.4 Å². The van der Waals surface area contributed by atoms with Crippen molar-refractivity contribution in [3.63, 3.8) is 0 Å². The monoisotopic (exact) mass is 406 g/mol. The molecule has 2 amide bonds. The maximum Gasteiger partial charge on any atom is 0.257 e. The van der Waals surface area contributed by atoms with Crippen molar-refractivity contribution in [2.75, 3.05) is 5.32 Å². The molecule has 0 bridgehead atoms. The van der Waals surface area contributed by atoms with Gasteiger partial charge in [-0.1, -0.05) is 35.9 Å². The molecule has 0 aliphatic heterocycles. The van der Waals surface area contributed by atoms with Gasteiger partial charge in [-0.3, -0.25) is 14.6 Å². The van der Waals surface area contributed by atoms with Crippen LogP contribution in [0.4, 0.5) is 5.69 Å². The Balaban J connectivity index is 1.62. The number of amides is 2. The number of hydrogen-bond donors (Lipinski definition) is 2. The van der Waals surface area contributed by atoms with Crippen molar-refractivity contribution in [2.45, 2.75) is 13.3 Å². The summed E-state index contributed by atoms with van der Waals surface area (Å²) in [5.41, 5.74) is 5.89. The van der Waals surface area contributed by atoms with Crippen LogP contribution in [0.15, 0.2) is 78.2 Å². The summed E-state index contributed by atoms with van der Waals surface area (Å²) in [6.07, 6.45) is 3.32. The number of hydrogen-bond acceptors (Lipinski definition) is 4. The number of pyridine rings is 1. The molecule has 0 fully saturated rings. The van der Waals surface area contributed by atoms with Crippen LogP contribution in [0.2, 0.25) is 5.02 Å². The standard InChI is InChI=1S/C22H19ClN4O2/c1-15(26-27-21(28)12-16-7-9-19(23)10-8-16)17-4-2-6-20(13-17)25-22(29)18-5-3-11-24-14-18/h2-11,13-14H,12H2,1H3,(H,25,29)(H,27,28)/b26-15-. The second kappa shape index (κ2) is 9.61. The molecule has 7 heteroatoms. The number of nitrogens with zero attached hydrogens (tertiary/aromatic N) is 2. The van der Waals surface area contributed by atoms with Gasteiger partial charge in [0, 0.05) is 23.1 Å². The summed E-state index contributed by atoms with van der Waals surface area (Å²) in [6.45, 7) is 1.78. The summed E-state index contributed by atoms with van der Waals surface area (Å²) in [5.74, 6) is -0.478. The SMILES string of the molecule is C/C(=N/NC(=O)Cc1ccc(Cl)cc1)c1cccc(NC(=O)c2cccnc2)c1. The van der Waals surface area contributed by atoms with E-state index in [2.05, 4.69) is 20.8 Å². The Kier molecular flexibility index (Phi) is 6.71. The molecule has 2 aromatic carbocycles. The molecule has 0 saturated heterocycles. The smallest absolute Gasteiger partial charge is 0.257 e. The topological polar surface area (TPSA) is 83.5 Å². The molecule has 0 atom stereocenters. The highest BCUT2D eigenvalue weighted by Crippen LogP contribution is 2.13. The first-order chi connectivity index (χ1) is 14.0. The predicted octanol–water partition coefficient (Wildman–Crippen LogP) is 4.07. The number of carbonyl (C=O) groups is 2. The zero-order chi connectivity index (χ0) is 20.6. The Morgan fingerprint density at radius 1 is 1.03 bits per heavy atom. The highest BCUT2D eigenvalue weighted by Gasteiger charge is 2.08. The molecule has 0 unspecified atom stereocenters. The number of aromatic nitrogens is 1. The quantitative estimate of drug-likeness (QED) is 0.478. The normalized spacial score (nSPS) is 11.0. The minimum atomic E-state index is -0.249. The molecule has 3 rings (SSSR count). The molecule has 0 radical (unpaired) electrons. The van der Waals surface area contributed by atoms with Gasteiger partial charge in [0.2, 0.25) is 5.91 Å². The van der Waals surface area contributed by atoms with Gasteiger partial charge in [0.25, 0.3) is 5.91 Å². The van der Waals surface area contributed by atoms with Crippen LogP contribution in [-0.2, 0) is 11.2 Å². The van der Waals surface area contributed by atoms with Crippen LogP contribution in [0.5, 0.6) is 0 Å². The van der Waals surface area contributed by atoms with Gasteiger partial charge in [0.05, 0.1) is 17.7 Å². The molecule has 0 aliphatic rings. The maximum atomic E-state index is 12.3. The van der Waals surface area contributed by atoms with E-state index in [1.54, 1.807) is 61.7 Å². The number of benzene rings is 2. The van der Waals surface area contributed by atoms with Gasteiger partial charge in [-0.15, -0.1) is 0 Å². The summed E-state index contributed by atoms with van der Waals surface area (Å²) < 4.78 is 0. The van der Waals surface area contributed by atoms with E-state index in [9.17, 15) is 9.59 Å². The Morgan fingerprint density at radius 3 is 2.52 bits per heavy atom.